The molecule has 0 saturated heterocycles. The third kappa shape index (κ3) is 4.17. The number of halogens is 1. The highest BCUT2D eigenvalue weighted by Gasteiger charge is 2.63. The lowest BCUT2D eigenvalue weighted by Crippen LogP contribution is -2.58. The Labute approximate surface area is 261 Å². The number of hydrogen-bond donors (Lipinski definition) is 2. The minimum atomic E-state index is -2.03. The summed E-state index contributed by atoms with van der Waals surface area (Å²) in [5.41, 5.74) is 3.19. The van der Waals surface area contributed by atoms with E-state index in [9.17, 15) is 24.0 Å². The third-order valence-corrected chi connectivity index (χ3v) is 9.03. The van der Waals surface area contributed by atoms with E-state index in [1.54, 1.807) is 31.2 Å². The highest BCUT2D eigenvalue weighted by Crippen LogP contribution is 2.56. The SMILES string of the molecule is COc1cc(OC)c2c(c1Cl)OC1(C(=O)C3=C(CC1C)Nc1c(c(=O)n(C)c(=O)n1C)C3c1ccc(OCC(N)=O)cc1)C2=O. The summed E-state index contributed by atoms with van der Waals surface area (Å²) in [6, 6.07) is 7.88. The number of methoxy groups -OCH3 is 2. The Morgan fingerprint density at radius 2 is 1.73 bits per heavy atom. The van der Waals surface area contributed by atoms with Crippen LogP contribution < -0.4 is 41.2 Å². The van der Waals surface area contributed by atoms with Gasteiger partial charge in [-0.3, -0.25) is 28.3 Å². The first-order valence-corrected chi connectivity index (χ1v) is 14.3. The molecule has 1 aliphatic carbocycles. The number of primary amides is 1. The van der Waals surface area contributed by atoms with Crippen molar-refractivity contribution < 1.29 is 33.3 Å². The Balaban J connectivity index is 1.56. The van der Waals surface area contributed by atoms with E-state index in [1.807, 2.05) is 0 Å². The Bertz CT molecular complexity index is 1980. The van der Waals surface area contributed by atoms with Gasteiger partial charge in [0.2, 0.25) is 17.2 Å². The van der Waals surface area contributed by atoms with Crippen molar-refractivity contribution in [3.05, 3.63) is 84.2 Å². The lowest BCUT2D eigenvalue weighted by atomic mass is 9.66. The second kappa shape index (κ2) is 10.5. The summed E-state index contributed by atoms with van der Waals surface area (Å²) in [4.78, 5) is 67.2. The van der Waals surface area contributed by atoms with E-state index >= 15 is 0 Å². The third-order valence-electron chi connectivity index (χ3n) is 8.67. The van der Waals surface area contributed by atoms with Crippen molar-refractivity contribution in [2.24, 2.45) is 25.7 Å². The summed E-state index contributed by atoms with van der Waals surface area (Å²) in [6.45, 7) is 1.37. The van der Waals surface area contributed by atoms with E-state index in [4.69, 9.17) is 36.3 Å². The molecule has 0 saturated carbocycles. The lowest BCUT2D eigenvalue weighted by Gasteiger charge is -2.42. The van der Waals surface area contributed by atoms with E-state index in [0.29, 0.717) is 17.0 Å². The van der Waals surface area contributed by atoms with Gasteiger partial charge in [0.05, 0.1) is 19.8 Å². The summed E-state index contributed by atoms with van der Waals surface area (Å²) in [7, 11) is 5.65. The van der Waals surface area contributed by atoms with Gasteiger partial charge in [-0.2, -0.15) is 0 Å². The van der Waals surface area contributed by atoms with Gasteiger partial charge in [-0.1, -0.05) is 30.7 Å². The van der Waals surface area contributed by atoms with Crippen LogP contribution in [-0.4, -0.2) is 53.0 Å². The molecule has 3 aliphatic rings. The summed E-state index contributed by atoms with van der Waals surface area (Å²) in [5.74, 6) is -2.82. The van der Waals surface area contributed by atoms with Gasteiger partial charge >= 0.3 is 5.69 Å². The number of fused-ring (bicyclic) bond motifs is 2. The van der Waals surface area contributed by atoms with Crippen molar-refractivity contribution in [1.29, 1.82) is 0 Å². The minimum Gasteiger partial charge on any atom is -0.496 e. The first-order chi connectivity index (χ1) is 21.4. The average molecular weight is 637 g/mol. The van der Waals surface area contributed by atoms with Gasteiger partial charge in [0.15, 0.2) is 12.4 Å². The molecule has 0 fully saturated rings. The molecule has 13 nitrogen and oxygen atoms in total. The molecule has 3 heterocycles. The quantitative estimate of drug-likeness (QED) is 0.382. The monoisotopic (exact) mass is 636 g/mol. The molecule has 0 radical (unpaired) electrons. The zero-order valence-electron chi connectivity index (χ0n) is 25.0. The molecule has 3 N–H and O–H groups in total. The van der Waals surface area contributed by atoms with Gasteiger partial charge < -0.3 is 30.0 Å². The fourth-order valence-corrected chi connectivity index (χ4v) is 6.70. The van der Waals surface area contributed by atoms with Crippen LogP contribution in [0.1, 0.15) is 40.7 Å². The molecule has 0 bridgehead atoms. The number of amides is 1. The van der Waals surface area contributed by atoms with Crippen molar-refractivity contribution in [2.75, 3.05) is 26.1 Å². The molecule has 1 spiro atoms. The van der Waals surface area contributed by atoms with Gasteiger partial charge in [-0.05, 0) is 24.1 Å². The van der Waals surface area contributed by atoms with Gasteiger partial charge in [0.1, 0.15) is 33.7 Å². The number of benzene rings is 2. The lowest BCUT2D eigenvalue weighted by molar-refractivity contribution is -0.130. The zero-order chi connectivity index (χ0) is 32.5. The summed E-state index contributed by atoms with van der Waals surface area (Å²) in [6.07, 6.45) is 0.150. The predicted octanol–water partition coefficient (Wildman–Crippen LogP) is 2.05. The predicted molar refractivity (Wildman–Crippen MR) is 162 cm³/mol. The molecule has 1 aromatic heterocycles. The maximum absolute atomic E-state index is 14.9. The highest BCUT2D eigenvalue weighted by atomic mass is 35.5. The molecule has 234 valence electrons. The van der Waals surface area contributed by atoms with E-state index in [2.05, 4.69) is 5.32 Å². The second-order valence-corrected chi connectivity index (χ2v) is 11.5. The molecule has 3 unspecified atom stereocenters. The molecule has 1 amide bonds. The van der Waals surface area contributed by atoms with Gasteiger partial charge in [-0.15, -0.1) is 0 Å². The number of aromatic nitrogens is 2. The van der Waals surface area contributed by atoms with Crippen molar-refractivity contribution >= 4 is 34.9 Å². The van der Waals surface area contributed by atoms with Gasteiger partial charge in [0.25, 0.3) is 11.5 Å². The molecular weight excluding hydrogens is 608 g/mol. The van der Waals surface area contributed by atoms with Crippen molar-refractivity contribution in [3.8, 4) is 23.0 Å². The number of nitrogens with zero attached hydrogens (tertiary/aromatic N) is 2. The average Bonchev–Trinajstić information content (AvgIpc) is 3.34. The van der Waals surface area contributed by atoms with Crippen molar-refractivity contribution in [1.82, 2.24) is 9.13 Å². The molecular formula is C31H29ClN4O9. The number of carbonyl (C=O) groups excluding carboxylic acids is 3. The summed E-state index contributed by atoms with van der Waals surface area (Å²) < 4.78 is 24.8. The number of Topliss-reactive ketones (excluding diaryl/α,β-unsaturated/α-hetero) is 2. The van der Waals surface area contributed by atoms with Crippen molar-refractivity contribution in [2.45, 2.75) is 24.9 Å². The van der Waals surface area contributed by atoms with Crippen LogP contribution in [-0.2, 0) is 23.7 Å². The fraction of sp³-hybridized carbons (Fsp3) is 0.323. The number of anilines is 1. The van der Waals surface area contributed by atoms with Crippen LogP contribution in [0.3, 0.4) is 0 Å². The van der Waals surface area contributed by atoms with Crippen LogP contribution in [0.2, 0.25) is 5.02 Å². The van der Waals surface area contributed by atoms with Gasteiger partial charge in [-0.25, -0.2) is 4.79 Å². The van der Waals surface area contributed by atoms with Crippen LogP contribution in [0.15, 0.2) is 51.2 Å². The maximum Gasteiger partial charge on any atom is 0.332 e. The molecule has 3 atom stereocenters. The van der Waals surface area contributed by atoms with E-state index < -0.39 is 46.2 Å². The van der Waals surface area contributed by atoms with Gasteiger partial charge in [0, 0.05) is 43.3 Å². The Kier molecular flexibility index (Phi) is 7.03. The minimum absolute atomic E-state index is 0.0115. The van der Waals surface area contributed by atoms with Crippen LogP contribution in [0.5, 0.6) is 23.0 Å². The fourth-order valence-electron chi connectivity index (χ4n) is 6.43. The Hall–Kier alpha value is -5.04. The number of nitrogens with two attached hydrogens (primary N) is 1. The number of nitrogens with one attached hydrogen (secondary N) is 1. The van der Waals surface area contributed by atoms with Crippen LogP contribution in [0, 0.1) is 5.92 Å². The normalized spacial score (nSPS) is 21.5. The number of allylic oxidation sites excluding steroid dienone is 1. The molecule has 6 rings (SSSR count). The summed E-state index contributed by atoms with van der Waals surface area (Å²) in [5, 5.41) is 3.18. The molecule has 3 aromatic rings. The Morgan fingerprint density at radius 3 is 2.36 bits per heavy atom. The topological polar surface area (TPSA) is 170 Å². The molecule has 2 aliphatic heterocycles. The Morgan fingerprint density at radius 1 is 1.07 bits per heavy atom. The van der Waals surface area contributed by atoms with Crippen molar-refractivity contribution in [3.63, 3.8) is 0 Å². The molecule has 2 aromatic carbocycles. The zero-order valence-corrected chi connectivity index (χ0v) is 25.7. The number of carbonyl (C=O) groups is 3. The summed E-state index contributed by atoms with van der Waals surface area (Å²) >= 11 is 6.60. The number of rotatable bonds is 6. The second-order valence-electron chi connectivity index (χ2n) is 11.1. The standard InChI is InChI=1S/C31H29ClN4O9/c1-13-10-16-21(26(38)31(13)27(39)22-17(42-4)11-18(43-5)24(32)25(22)45-31)20(14-6-8-15(9-7-14)44-12-19(33)37)23-28(34-16)35(2)30(41)36(3)29(23)40/h6-9,11,13,20,34H,10,12H2,1-5H3,(H2,33,37). The molecule has 14 heteroatoms. The highest BCUT2D eigenvalue weighted by molar-refractivity contribution is 6.36. The maximum atomic E-state index is 14.9. The number of ketones is 2. The smallest absolute Gasteiger partial charge is 0.332 e. The van der Waals surface area contributed by atoms with Crippen LogP contribution >= 0.6 is 11.6 Å². The van der Waals surface area contributed by atoms with E-state index in [-0.39, 0.29) is 57.8 Å². The van der Waals surface area contributed by atoms with E-state index in [0.717, 1.165) is 4.57 Å². The molecule has 45 heavy (non-hydrogen) atoms. The largest absolute Gasteiger partial charge is 0.496 e. The van der Waals surface area contributed by atoms with E-state index in [1.165, 1.54) is 38.9 Å². The van der Waals surface area contributed by atoms with Crippen LogP contribution in [0.25, 0.3) is 0 Å². The first-order valence-electron chi connectivity index (χ1n) is 13.9. The van der Waals surface area contributed by atoms with Crippen LogP contribution in [0.4, 0.5) is 5.82 Å². The first kappa shape index (κ1) is 30.0. The number of ether oxygens (including phenoxy) is 4. The number of hydrogen-bond acceptors (Lipinski definition) is 10.